The fourth-order valence-electron chi connectivity index (χ4n) is 3.87. The summed E-state index contributed by atoms with van der Waals surface area (Å²) in [5.74, 6) is 2.24. The lowest BCUT2D eigenvalue weighted by atomic mass is 9.92. The summed E-state index contributed by atoms with van der Waals surface area (Å²) in [7, 11) is 3.08. The number of methoxy groups -OCH3 is 2. The molecule has 1 aromatic carbocycles. The monoisotopic (exact) mass is 434 g/mol. The highest BCUT2D eigenvalue weighted by molar-refractivity contribution is 7.99. The first-order valence-corrected chi connectivity index (χ1v) is 11.8. The highest BCUT2D eigenvalue weighted by Gasteiger charge is 2.32. The van der Waals surface area contributed by atoms with Crippen molar-refractivity contribution in [2.24, 2.45) is 11.8 Å². The minimum Gasteiger partial charge on any atom is -0.469 e. The molecule has 6 heteroatoms. The average Bonchev–Trinajstić information content (AvgIpc) is 3.08. The topological polar surface area (TPSA) is 72.8 Å². The average molecular weight is 435 g/mol. The number of ketones is 1. The summed E-state index contributed by atoms with van der Waals surface area (Å²) in [4.78, 5) is 23.4. The van der Waals surface area contributed by atoms with E-state index >= 15 is 0 Å². The Bertz CT molecular complexity index is 703. The van der Waals surface area contributed by atoms with E-state index in [1.165, 1.54) is 7.11 Å². The van der Waals surface area contributed by atoms with Crippen LogP contribution in [0.4, 0.5) is 0 Å². The van der Waals surface area contributed by atoms with Crippen LogP contribution in [0.2, 0.25) is 0 Å². The predicted molar refractivity (Wildman–Crippen MR) is 120 cm³/mol. The van der Waals surface area contributed by atoms with E-state index in [-0.39, 0.29) is 17.8 Å². The Hall–Kier alpha value is -1.63. The second kappa shape index (κ2) is 13.6. The standard InChI is InChI=1S/C24H34O5S/c1-28-17-19-6-3-5-18(15-19)16-21(25)10-8-20-9-11-23(26)22(20)12-14-30-13-4-7-24(27)29-2/h3,5-6,8,10,15,20-22,25H,4,7,9,11-14,16-17H2,1-2H3/b10-8+. The third kappa shape index (κ3) is 8.62. The molecule has 1 saturated carbocycles. The number of aliphatic hydroxyl groups is 1. The Labute approximate surface area is 184 Å². The quantitative estimate of drug-likeness (QED) is 0.288. The first-order valence-electron chi connectivity index (χ1n) is 10.6. The SMILES string of the molecule is COCc1cccc(CC(O)/C=C/C2CCC(=O)C2CCSCCCC(=O)OC)c1. The third-order valence-electron chi connectivity index (χ3n) is 5.45. The van der Waals surface area contributed by atoms with E-state index in [1.54, 1.807) is 18.9 Å². The van der Waals surface area contributed by atoms with Crippen molar-refractivity contribution in [2.45, 2.75) is 51.2 Å². The summed E-state index contributed by atoms with van der Waals surface area (Å²) in [6.45, 7) is 0.562. The highest BCUT2D eigenvalue weighted by atomic mass is 32.2. The zero-order chi connectivity index (χ0) is 21.8. The lowest BCUT2D eigenvalue weighted by molar-refractivity contribution is -0.140. The molecule has 0 heterocycles. The molecule has 1 aliphatic carbocycles. The summed E-state index contributed by atoms with van der Waals surface area (Å²) in [6, 6.07) is 8.06. The first kappa shape index (κ1) is 24.6. The number of aliphatic hydroxyl groups excluding tert-OH is 1. The van der Waals surface area contributed by atoms with Gasteiger partial charge in [0.1, 0.15) is 5.78 Å². The second-order valence-electron chi connectivity index (χ2n) is 7.77. The van der Waals surface area contributed by atoms with Crippen molar-refractivity contribution in [2.75, 3.05) is 25.7 Å². The lowest BCUT2D eigenvalue weighted by Crippen LogP contribution is -2.15. The van der Waals surface area contributed by atoms with Gasteiger partial charge in [0.05, 0.1) is 19.8 Å². The fraction of sp³-hybridized carbons (Fsp3) is 0.583. The van der Waals surface area contributed by atoms with Gasteiger partial charge in [-0.2, -0.15) is 11.8 Å². The summed E-state index contributed by atoms with van der Waals surface area (Å²) >= 11 is 1.78. The maximum atomic E-state index is 12.3. The van der Waals surface area contributed by atoms with Gasteiger partial charge in [-0.3, -0.25) is 9.59 Å². The number of Topliss-reactive ketones (excluding diaryl/α,β-unsaturated/α-hetero) is 1. The smallest absolute Gasteiger partial charge is 0.305 e. The van der Waals surface area contributed by atoms with E-state index in [9.17, 15) is 14.7 Å². The molecule has 1 fully saturated rings. The molecule has 0 amide bonds. The van der Waals surface area contributed by atoms with Crippen molar-refractivity contribution < 1.29 is 24.2 Å². The van der Waals surface area contributed by atoms with E-state index in [2.05, 4.69) is 10.8 Å². The van der Waals surface area contributed by atoms with Crippen molar-refractivity contribution in [1.82, 2.24) is 0 Å². The third-order valence-corrected chi connectivity index (χ3v) is 6.55. The molecule has 0 radical (unpaired) electrons. The number of thioether (sulfide) groups is 1. The molecule has 0 bridgehead atoms. The van der Waals surface area contributed by atoms with Gasteiger partial charge in [0.2, 0.25) is 0 Å². The molecule has 1 N–H and O–H groups in total. The van der Waals surface area contributed by atoms with Crippen LogP contribution in [0.1, 0.15) is 43.2 Å². The number of hydrogen-bond donors (Lipinski definition) is 1. The number of hydrogen-bond acceptors (Lipinski definition) is 6. The largest absolute Gasteiger partial charge is 0.469 e. The number of ether oxygens (including phenoxy) is 2. The molecular weight excluding hydrogens is 400 g/mol. The second-order valence-corrected chi connectivity index (χ2v) is 8.99. The summed E-state index contributed by atoms with van der Waals surface area (Å²) in [6.07, 6.45) is 7.48. The van der Waals surface area contributed by atoms with Crippen molar-refractivity contribution in [3.8, 4) is 0 Å². The maximum Gasteiger partial charge on any atom is 0.305 e. The summed E-state index contributed by atoms with van der Waals surface area (Å²) < 4.78 is 9.80. The number of benzene rings is 1. The van der Waals surface area contributed by atoms with Gasteiger partial charge in [0.25, 0.3) is 0 Å². The summed E-state index contributed by atoms with van der Waals surface area (Å²) in [5.41, 5.74) is 2.17. The van der Waals surface area contributed by atoms with Crippen LogP contribution in [0.25, 0.3) is 0 Å². The van der Waals surface area contributed by atoms with Gasteiger partial charge in [0.15, 0.2) is 0 Å². The Kier molecular flexibility index (Phi) is 11.2. The molecular formula is C24H34O5S. The molecule has 3 unspecified atom stereocenters. The molecule has 1 aromatic rings. The van der Waals surface area contributed by atoms with Gasteiger partial charge in [0, 0.05) is 32.3 Å². The number of rotatable bonds is 13. The molecule has 0 aliphatic heterocycles. The zero-order valence-electron chi connectivity index (χ0n) is 18.0. The van der Waals surface area contributed by atoms with Crippen LogP contribution < -0.4 is 0 Å². The van der Waals surface area contributed by atoms with E-state index in [0.29, 0.717) is 31.7 Å². The van der Waals surface area contributed by atoms with E-state index in [4.69, 9.17) is 4.74 Å². The van der Waals surface area contributed by atoms with Gasteiger partial charge in [-0.05, 0) is 47.8 Å². The lowest BCUT2D eigenvalue weighted by Gasteiger charge is -2.15. The molecule has 0 spiro atoms. The van der Waals surface area contributed by atoms with Gasteiger partial charge in [-0.1, -0.05) is 36.4 Å². The molecule has 3 atom stereocenters. The van der Waals surface area contributed by atoms with Gasteiger partial charge >= 0.3 is 5.97 Å². The van der Waals surface area contributed by atoms with E-state index in [1.807, 2.05) is 30.4 Å². The van der Waals surface area contributed by atoms with Crippen LogP contribution >= 0.6 is 11.8 Å². The normalized spacial score (nSPS) is 20.0. The van der Waals surface area contributed by atoms with E-state index < -0.39 is 6.10 Å². The number of esters is 1. The van der Waals surface area contributed by atoms with Crippen molar-refractivity contribution >= 4 is 23.5 Å². The van der Waals surface area contributed by atoms with Crippen LogP contribution in [0.5, 0.6) is 0 Å². The molecule has 30 heavy (non-hydrogen) atoms. The first-order chi connectivity index (χ1) is 14.5. The zero-order valence-corrected chi connectivity index (χ0v) is 18.9. The van der Waals surface area contributed by atoms with Crippen molar-refractivity contribution in [1.29, 1.82) is 0 Å². The van der Waals surface area contributed by atoms with Crippen LogP contribution in [0.15, 0.2) is 36.4 Å². The minimum atomic E-state index is -0.563. The molecule has 0 saturated heterocycles. The maximum absolute atomic E-state index is 12.3. The van der Waals surface area contributed by atoms with Crippen molar-refractivity contribution in [3.05, 3.63) is 47.5 Å². The molecule has 1 aliphatic rings. The molecule has 5 nitrogen and oxygen atoms in total. The van der Waals surface area contributed by atoms with Crippen LogP contribution in [-0.2, 0) is 32.1 Å². The van der Waals surface area contributed by atoms with Crippen molar-refractivity contribution in [3.63, 3.8) is 0 Å². The van der Waals surface area contributed by atoms with Gasteiger partial charge in [-0.25, -0.2) is 0 Å². The summed E-state index contributed by atoms with van der Waals surface area (Å²) in [5, 5.41) is 10.4. The fourth-order valence-corrected chi connectivity index (χ4v) is 4.84. The van der Waals surface area contributed by atoms with Crippen LogP contribution in [-0.4, -0.2) is 48.7 Å². The van der Waals surface area contributed by atoms with Gasteiger partial charge < -0.3 is 14.6 Å². The molecule has 0 aromatic heterocycles. The Morgan fingerprint density at radius 2 is 2.10 bits per heavy atom. The molecule has 2 rings (SSSR count). The number of carbonyl (C=O) groups is 2. The Morgan fingerprint density at radius 1 is 1.30 bits per heavy atom. The van der Waals surface area contributed by atoms with Gasteiger partial charge in [-0.15, -0.1) is 0 Å². The Balaban J connectivity index is 1.76. The van der Waals surface area contributed by atoms with Crippen LogP contribution in [0, 0.1) is 11.8 Å². The number of carbonyl (C=O) groups excluding carboxylic acids is 2. The van der Waals surface area contributed by atoms with Crippen LogP contribution in [0.3, 0.4) is 0 Å². The minimum absolute atomic E-state index is 0.0478. The van der Waals surface area contributed by atoms with E-state index in [0.717, 1.165) is 41.9 Å². The Morgan fingerprint density at radius 3 is 2.87 bits per heavy atom. The number of allylic oxidation sites excluding steroid dienone is 1. The predicted octanol–water partition coefficient (Wildman–Crippen LogP) is 3.96. The molecule has 166 valence electrons. The highest BCUT2D eigenvalue weighted by Crippen LogP contribution is 2.33.